The minimum Gasteiger partial charge on any atom is -0.455 e. The van der Waals surface area contributed by atoms with E-state index in [1.54, 1.807) is 53.7 Å². The van der Waals surface area contributed by atoms with Crippen molar-refractivity contribution in [3.63, 3.8) is 0 Å². The molecule has 3 atom stereocenters. The van der Waals surface area contributed by atoms with Gasteiger partial charge in [-0.3, -0.25) is 9.59 Å². The van der Waals surface area contributed by atoms with Crippen LogP contribution in [0.15, 0.2) is 12.2 Å². The first-order valence-electron chi connectivity index (χ1n) is 6.71. The monoisotopic (exact) mass is 284 g/mol. The minimum absolute atomic E-state index is 0.408. The van der Waals surface area contributed by atoms with Gasteiger partial charge in [0, 0.05) is 0 Å². The highest BCUT2D eigenvalue weighted by Gasteiger charge is 2.38. The molecular formula is C15H24O5. The van der Waals surface area contributed by atoms with Crippen LogP contribution in [0.5, 0.6) is 0 Å². The van der Waals surface area contributed by atoms with Gasteiger partial charge in [0.15, 0.2) is 0 Å². The van der Waals surface area contributed by atoms with Crippen molar-refractivity contribution >= 4 is 11.9 Å². The van der Waals surface area contributed by atoms with Gasteiger partial charge in [0.2, 0.25) is 0 Å². The molecule has 0 aromatic heterocycles. The smallest absolute Gasteiger partial charge is 0.311 e. The Bertz CT molecular complexity index is 373. The molecule has 0 aliphatic heterocycles. The van der Waals surface area contributed by atoms with Crippen molar-refractivity contribution in [2.24, 2.45) is 10.8 Å². The quantitative estimate of drug-likeness (QED) is 0.618. The highest BCUT2D eigenvalue weighted by Crippen LogP contribution is 2.25. The van der Waals surface area contributed by atoms with Gasteiger partial charge in [-0.05, 0) is 53.7 Å². The number of rotatable bonds is 2. The van der Waals surface area contributed by atoms with Gasteiger partial charge in [-0.25, -0.2) is 0 Å². The number of carbonyl (C=O) groups excluding carboxylic acids is 2. The second-order valence-corrected chi connectivity index (χ2v) is 7.12. The van der Waals surface area contributed by atoms with E-state index in [4.69, 9.17) is 9.47 Å². The SMILES string of the molecule is CC(C)(C)C(=O)O[C@H]1C=C[C@@H](OC(=O)C(C)(C)C)C1O. The summed E-state index contributed by atoms with van der Waals surface area (Å²) in [4.78, 5) is 23.6. The maximum atomic E-state index is 11.8. The van der Waals surface area contributed by atoms with Crippen LogP contribution >= 0.6 is 0 Å². The Morgan fingerprint density at radius 2 is 1.15 bits per heavy atom. The Morgan fingerprint density at radius 1 is 0.850 bits per heavy atom. The standard InChI is InChI=1S/C15H24O5/c1-14(2,3)12(17)19-9-7-8-10(11(9)16)20-13(18)15(4,5)6/h7-11,16H,1-6H3/t9-,10+,11?. The third-order valence-electron chi connectivity index (χ3n) is 2.87. The van der Waals surface area contributed by atoms with Crippen LogP contribution in [-0.2, 0) is 19.1 Å². The zero-order valence-corrected chi connectivity index (χ0v) is 13.0. The molecule has 0 aromatic carbocycles. The third-order valence-corrected chi connectivity index (χ3v) is 2.87. The van der Waals surface area contributed by atoms with Gasteiger partial charge < -0.3 is 14.6 Å². The average Bonchev–Trinajstić information content (AvgIpc) is 2.59. The van der Waals surface area contributed by atoms with Gasteiger partial charge in [-0.2, -0.15) is 0 Å². The molecular weight excluding hydrogens is 260 g/mol. The van der Waals surface area contributed by atoms with E-state index in [0.29, 0.717) is 0 Å². The Hall–Kier alpha value is -1.36. The Kier molecular flexibility index (Phi) is 4.64. The van der Waals surface area contributed by atoms with Crippen LogP contribution in [0.3, 0.4) is 0 Å². The molecule has 1 rings (SSSR count). The van der Waals surface area contributed by atoms with Crippen molar-refractivity contribution in [3.8, 4) is 0 Å². The Labute approximate surface area is 119 Å². The molecule has 0 saturated carbocycles. The molecule has 1 unspecified atom stereocenters. The van der Waals surface area contributed by atoms with E-state index in [9.17, 15) is 14.7 Å². The molecule has 20 heavy (non-hydrogen) atoms. The summed E-state index contributed by atoms with van der Waals surface area (Å²) < 4.78 is 10.4. The zero-order valence-electron chi connectivity index (χ0n) is 13.0. The summed E-state index contributed by atoms with van der Waals surface area (Å²) in [5.74, 6) is -0.817. The second-order valence-electron chi connectivity index (χ2n) is 7.12. The summed E-state index contributed by atoms with van der Waals surface area (Å²) in [6.07, 6.45) is 0.482. The first-order valence-corrected chi connectivity index (χ1v) is 6.71. The van der Waals surface area contributed by atoms with E-state index in [-0.39, 0.29) is 0 Å². The molecule has 0 radical (unpaired) electrons. The van der Waals surface area contributed by atoms with Gasteiger partial charge in [0.25, 0.3) is 0 Å². The highest BCUT2D eigenvalue weighted by molar-refractivity contribution is 5.76. The van der Waals surface area contributed by atoms with Crippen LogP contribution < -0.4 is 0 Å². The van der Waals surface area contributed by atoms with Crippen LogP contribution in [0, 0.1) is 10.8 Å². The molecule has 1 aliphatic rings. The lowest BCUT2D eigenvalue weighted by Crippen LogP contribution is -2.39. The topological polar surface area (TPSA) is 72.8 Å². The number of ether oxygens (including phenoxy) is 2. The van der Waals surface area contributed by atoms with Crippen molar-refractivity contribution < 1.29 is 24.2 Å². The summed E-state index contributed by atoms with van der Waals surface area (Å²) in [5, 5.41) is 10.1. The van der Waals surface area contributed by atoms with Crippen LogP contribution in [-0.4, -0.2) is 35.4 Å². The average molecular weight is 284 g/mol. The number of hydrogen-bond acceptors (Lipinski definition) is 5. The van der Waals surface area contributed by atoms with Gasteiger partial charge in [0.1, 0.15) is 18.3 Å². The molecule has 1 N–H and O–H groups in total. The van der Waals surface area contributed by atoms with E-state index < -0.39 is 41.1 Å². The second kappa shape index (κ2) is 5.56. The molecule has 5 heteroatoms. The zero-order chi connectivity index (χ0) is 15.7. The predicted molar refractivity (Wildman–Crippen MR) is 73.8 cm³/mol. The number of esters is 2. The molecule has 1 aliphatic carbocycles. The first-order chi connectivity index (χ1) is 8.93. The van der Waals surface area contributed by atoms with E-state index in [2.05, 4.69) is 0 Å². The van der Waals surface area contributed by atoms with Crippen LogP contribution in [0.25, 0.3) is 0 Å². The Morgan fingerprint density at radius 3 is 1.40 bits per heavy atom. The third kappa shape index (κ3) is 4.07. The number of aliphatic hydroxyl groups is 1. The molecule has 0 aromatic rings. The normalized spacial score (nSPS) is 26.4. The minimum atomic E-state index is -1.06. The highest BCUT2D eigenvalue weighted by atomic mass is 16.6. The molecule has 0 fully saturated rings. The van der Waals surface area contributed by atoms with Gasteiger partial charge in [-0.15, -0.1) is 0 Å². The molecule has 0 spiro atoms. The fourth-order valence-corrected chi connectivity index (χ4v) is 1.45. The molecule has 0 heterocycles. The van der Waals surface area contributed by atoms with Crippen molar-refractivity contribution in [1.82, 2.24) is 0 Å². The molecule has 0 saturated heterocycles. The first kappa shape index (κ1) is 16.7. The maximum absolute atomic E-state index is 11.8. The summed E-state index contributed by atoms with van der Waals surface area (Å²) >= 11 is 0. The summed E-state index contributed by atoms with van der Waals surface area (Å²) in [6.45, 7) is 10.4. The van der Waals surface area contributed by atoms with E-state index in [1.165, 1.54) is 0 Å². The molecule has 0 bridgehead atoms. The van der Waals surface area contributed by atoms with Crippen molar-refractivity contribution in [1.29, 1.82) is 0 Å². The molecule has 114 valence electrons. The summed E-state index contributed by atoms with van der Waals surface area (Å²) in [6, 6.07) is 0. The molecule has 5 nitrogen and oxygen atoms in total. The van der Waals surface area contributed by atoms with Crippen molar-refractivity contribution in [2.45, 2.75) is 59.9 Å². The maximum Gasteiger partial charge on any atom is 0.311 e. The number of carbonyl (C=O) groups is 2. The number of aliphatic hydroxyl groups excluding tert-OH is 1. The Balaban J connectivity index is 2.61. The van der Waals surface area contributed by atoms with Crippen LogP contribution in [0.1, 0.15) is 41.5 Å². The lowest BCUT2D eigenvalue weighted by molar-refractivity contribution is -0.169. The van der Waals surface area contributed by atoms with Gasteiger partial charge >= 0.3 is 11.9 Å². The predicted octanol–water partition coefficient (Wildman–Crippen LogP) is 1.83. The van der Waals surface area contributed by atoms with Crippen molar-refractivity contribution in [2.75, 3.05) is 0 Å². The summed E-state index contributed by atoms with van der Waals surface area (Å²) in [7, 11) is 0. The lowest BCUT2D eigenvalue weighted by atomic mass is 9.97. The van der Waals surface area contributed by atoms with E-state index in [0.717, 1.165) is 0 Å². The van der Waals surface area contributed by atoms with Crippen molar-refractivity contribution in [3.05, 3.63) is 12.2 Å². The van der Waals surface area contributed by atoms with Crippen LogP contribution in [0.4, 0.5) is 0 Å². The van der Waals surface area contributed by atoms with E-state index >= 15 is 0 Å². The van der Waals surface area contributed by atoms with Crippen LogP contribution in [0.2, 0.25) is 0 Å². The fourth-order valence-electron chi connectivity index (χ4n) is 1.45. The largest absolute Gasteiger partial charge is 0.455 e. The fraction of sp³-hybridized carbons (Fsp3) is 0.733. The van der Waals surface area contributed by atoms with Gasteiger partial charge in [0.05, 0.1) is 10.8 Å². The molecule has 0 amide bonds. The van der Waals surface area contributed by atoms with Gasteiger partial charge in [-0.1, -0.05) is 0 Å². The van der Waals surface area contributed by atoms with E-state index in [1.807, 2.05) is 0 Å². The number of hydrogen-bond donors (Lipinski definition) is 1. The summed E-state index contributed by atoms with van der Waals surface area (Å²) in [5.41, 5.74) is -1.29. The lowest BCUT2D eigenvalue weighted by Gasteiger charge is -2.25.